The molecule has 0 atom stereocenters. The van der Waals surface area contributed by atoms with Crippen molar-refractivity contribution in [2.45, 2.75) is 6.18 Å². The molecule has 2 aromatic rings. The summed E-state index contributed by atoms with van der Waals surface area (Å²) >= 11 is 0. The standard InChI is InChI=1S/C13H11F3N2/c14-13(15,16)12-7-10(18)4-5-11(12)8-2-1-3-9(17)6-8/h1-7H,17-18H2. The van der Waals surface area contributed by atoms with Gasteiger partial charge in [0.05, 0.1) is 5.56 Å². The Balaban J connectivity index is 2.64. The van der Waals surface area contributed by atoms with E-state index in [4.69, 9.17) is 11.5 Å². The van der Waals surface area contributed by atoms with E-state index in [1.54, 1.807) is 18.2 Å². The summed E-state index contributed by atoms with van der Waals surface area (Å²) in [4.78, 5) is 0. The van der Waals surface area contributed by atoms with Gasteiger partial charge in [-0.25, -0.2) is 0 Å². The quantitative estimate of drug-likeness (QED) is 0.763. The third-order valence-electron chi connectivity index (χ3n) is 2.55. The van der Waals surface area contributed by atoms with Gasteiger partial charge in [-0.1, -0.05) is 18.2 Å². The van der Waals surface area contributed by atoms with Crippen LogP contribution in [-0.4, -0.2) is 0 Å². The summed E-state index contributed by atoms with van der Waals surface area (Å²) in [6.45, 7) is 0. The van der Waals surface area contributed by atoms with E-state index in [0.29, 0.717) is 11.3 Å². The molecule has 0 saturated heterocycles. The molecule has 4 N–H and O–H groups in total. The minimum atomic E-state index is -4.45. The average Bonchev–Trinajstić information content (AvgIpc) is 2.27. The normalized spacial score (nSPS) is 11.5. The molecule has 0 aliphatic rings. The molecule has 0 amide bonds. The Morgan fingerprint density at radius 3 is 2.11 bits per heavy atom. The lowest BCUT2D eigenvalue weighted by molar-refractivity contribution is -0.137. The second kappa shape index (κ2) is 4.25. The molecule has 5 heteroatoms. The maximum atomic E-state index is 12.9. The predicted octanol–water partition coefficient (Wildman–Crippen LogP) is 3.54. The number of nitrogen functional groups attached to an aromatic ring is 2. The van der Waals surface area contributed by atoms with E-state index in [0.717, 1.165) is 6.07 Å². The summed E-state index contributed by atoms with van der Waals surface area (Å²) in [6.07, 6.45) is -4.45. The molecule has 0 aliphatic carbocycles. The summed E-state index contributed by atoms with van der Waals surface area (Å²) in [5, 5.41) is 0. The van der Waals surface area contributed by atoms with Gasteiger partial charge in [0.15, 0.2) is 0 Å². The number of nitrogens with two attached hydrogens (primary N) is 2. The van der Waals surface area contributed by atoms with E-state index in [-0.39, 0.29) is 11.3 Å². The summed E-state index contributed by atoms with van der Waals surface area (Å²) in [6, 6.07) is 10.0. The van der Waals surface area contributed by atoms with Gasteiger partial charge in [-0.05, 0) is 35.4 Å². The molecule has 0 bridgehead atoms. The average molecular weight is 252 g/mol. The van der Waals surface area contributed by atoms with Crippen LogP contribution in [0.4, 0.5) is 24.5 Å². The largest absolute Gasteiger partial charge is 0.417 e. The van der Waals surface area contributed by atoms with Crippen LogP contribution < -0.4 is 11.5 Å². The number of rotatable bonds is 1. The summed E-state index contributed by atoms with van der Waals surface area (Å²) in [5.41, 5.74) is 11.2. The summed E-state index contributed by atoms with van der Waals surface area (Å²) < 4.78 is 38.8. The zero-order valence-corrected chi connectivity index (χ0v) is 9.33. The van der Waals surface area contributed by atoms with Crippen molar-refractivity contribution in [3.8, 4) is 11.1 Å². The topological polar surface area (TPSA) is 52.0 Å². The fourth-order valence-corrected chi connectivity index (χ4v) is 1.75. The Labute approximate surface area is 102 Å². The summed E-state index contributed by atoms with van der Waals surface area (Å²) in [5.74, 6) is 0. The number of hydrogen-bond donors (Lipinski definition) is 2. The highest BCUT2D eigenvalue weighted by Gasteiger charge is 2.33. The van der Waals surface area contributed by atoms with Crippen molar-refractivity contribution in [3.63, 3.8) is 0 Å². The van der Waals surface area contributed by atoms with Gasteiger partial charge in [0.1, 0.15) is 0 Å². The van der Waals surface area contributed by atoms with Gasteiger partial charge >= 0.3 is 6.18 Å². The first-order chi connectivity index (χ1) is 8.38. The predicted molar refractivity (Wildman–Crippen MR) is 65.7 cm³/mol. The van der Waals surface area contributed by atoms with Crippen LogP contribution in [0.1, 0.15) is 5.56 Å². The SMILES string of the molecule is Nc1cccc(-c2ccc(N)cc2C(F)(F)F)c1. The highest BCUT2D eigenvalue weighted by Crippen LogP contribution is 2.38. The van der Waals surface area contributed by atoms with Crippen LogP contribution in [0.3, 0.4) is 0 Å². The van der Waals surface area contributed by atoms with Gasteiger partial charge in [0.2, 0.25) is 0 Å². The van der Waals surface area contributed by atoms with E-state index in [9.17, 15) is 13.2 Å². The lowest BCUT2D eigenvalue weighted by Crippen LogP contribution is -2.08. The maximum Gasteiger partial charge on any atom is 0.417 e. The number of benzene rings is 2. The minimum absolute atomic E-state index is 0.0731. The molecule has 2 aromatic carbocycles. The van der Waals surface area contributed by atoms with Crippen LogP contribution in [0, 0.1) is 0 Å². The van der Waals surface area contributed by atoms with Gasteiger partial charge in [-0.15, -0.1) is 0 Å². The third-order valence-corrected chi connectivity index (χ3v) is 2.55. The van der Waals surface area contributed by atoms with Crippen molar-refractivity contribution in [1.29, 1.82) is 0 Å². The van der Waals surface area contributed by atoms with Crippen LogP contribution in [0.5, 0.6) is 0 Å². The van der Waals surface area contributed by atoms with Crippen LogP contribution >= 0.6 is 0 Å². The smallest absolute Gasteiger partial charge is 0.399 e. The molecular weight excluding hydrogens is 241 g/mol. The molecule has 0 heterocycles. The fraction of sp³-hybridized carbons (Fsp3) is 0.0769. The lowest BCUT2D eigenvalue weighted by atomic mass is 9.98. The first kappa shape index (κ1) is 12.3. The fourth-order valence-electron chi connectivity index (χ4n) is 1.75. The van der Waals surface area contributed by atoms with Gasteiger partial charge in [-0.3, -0.25) is 0 Å². The molecule has 18 heavy (non-hydrogen) atoms. The Hall–Kier alpha value is -2.17. The highest BCUT2D eigenvalue weighted by molar-refractivity contribution is 5.72. The van der Waals surface area contributed by atoms with Crippen molar-refractivity contribution in [3.05, 3.63) is 48.0 Å². The monoisotopic (exact) mass is 252 g/mol. The maximum absolute atomic E-state index is 12.9. The first-order valence-corrected chi connectivity index (χ1v) is 5.20. The van der Waals surface area contributed by atoms with Crippen molar-refractivity contribution >= 4 is 11.4 Å². The highest BCUT2D eigenvalue weighted by atomic mass is 19.4. The molecule has 0 fully saturated rings. The molecule has 0 aromatic heterocycles. The third kappa shape index (κ3) is 2.40. The summed E-state index contributed by atoms with van der Waals surface area (Å²) in [7, 11) is 0. The van der Waals surface area contributed by atoms with Crippen molar-refractivity contribution in [2.75, 3.05) is 11.5 Å². The molecule has 0 unspecified atom stereocenters. The van der Waals surface area contributed by atoms with E-state index >= 15 is 0 Å². The zero-order chi connectivity index (χ0) is 13.3. The molecule has 0 radical (unpaired) electrons. The number of hydrogen-bond acceptors (Lipinski definition) is 2. The minimum Gasteiger partial charge on any atom is -0.399 e. The molecule has 2 rings (SSSR count). The molecular formula is C13H11F3N2. The number of halogens is 3. The first-order valence-electron chi connectivity index (χ1n) is 5.20. The van der Waals surface area contributed by atoms with Crippen LogP contribution in [-0.2, 0) is 6.18 Å². The van der Waals surface area contributed by atoms with Gasteiger partial charge in [-0.2, -0.15) is 13.2 Å². The Morgan fingerprint density at radius 2 is 1.50 bits per heavy atom. The lowest BCUT2D eigenvalue weighted by Gasteiger charge is -2.14. The van der Waals surface area contributed by atoms with Crippen molar-refractivity contribution in [1.82, 2.24) is 0 Å². The van der Waals surface area contributed by atoms with Crippen LogP contribution in [0.15, 0.2) is 42.5 Å². The van der Waals surface area contributed by atoms with E-state index in [1.165, 1.54) is 18.2 Å². The Morgan fingerprint density at radius 1 is 0.833 bits per heavy atom. The molecule has 2 nitrogen and oxygen atoms in total. The van der Waals surface area contributed by atoms with E-state index < -0.39 is 11.7 Å². The van der Waals surface area contributed by atoms with Gasteiger partial charge in [0, 0.05) is 11.4 Å². The molecule has 94 valence electrons. The Bertz CT molecular complexity index is 577. The van der Waals surface area contributed by atoms with E-state index in [1.807, 2.05) is 0 Å². The van der Waals surface area contributed by atoms with Gasteiger partial charge in [0.25, 0.3) is 0 Å². The molecule has 0 aliphatic heterocycles. The second-order valence-corrected chi connectivity index (χ2v) is 3.93. The van der Waals surface area contributed by atoms with E-state index in [2.05, 4.69) is 0 Å². The molecule has 0 spiro atoms. The van der Waals surface area contributed by atoms with Crippen LogP contribution in [0.2, 0.25) is 0 Å². The Kier molecular flexibility index (Phi) is 2.90. The zero-order valence-electron chi connectivity index (χ0n) is 9.33. The van der Waals surface area contributed by atoms with Gasteiger partial charge < -0.3 is 11.5 Å². The number of alkyl halides is 3. The second-order valence-electron chi connectivity index (χ2n) is 3.93. The number of anilines is 2. The van der Waals surface area contributed by atoms with Crippen molar-refractivity contribution in [2.24, 2.45) is 0 Å². The van der Waals surface area contributed by atoms with Crippen molar-refractivity contribution < 1.29 is 13.2 Å². The molecule has 0 saturated carbocycles. The van der Waals surface area contributed by atoms with Crippen LogP contribution in [0.25, 0.3) is 11.1 Å².